The van der Waals surface area contributed by atoms with Crippen molar-refractivity contribution in [3.05, 3.63) is 77.8 Å². The van der Waals surface area contributed by atoms with Crippen LogP contribution in [-0.2, 0) is 19.3 Å². The van der Waals surface area contributed by atoms with Crippen molar-refractivity contribution >= 4 is 22.3 Å². The highest BCUT2D eigenvalue weighted by molar-refractivity contribution is 5.96. The van der Waals surface area contributed by atoms with Crippen LogP contribution in [0.2, 0.25) is 0 Å². The van der Waals surface area contributed by atoms with Crippen molar-refractivity contribution in [2.24, 2.45) is 5.73 Å². The third-order valence-electron chi connectivity index (χ3n) is 7.00. The van der Waals surface area contributed by atoms with Crippen LogP contribution in [-0.4, -0.2) is 41.4 Å². The van der Waals surface area contributed by atoms with E-state index in [0.717, 1.165) is 43.2 Å². The molecule has 5 rings (SSSR count). The lowest BCUT2D eigenvalue weighted by atomic mass is 10.1. The number of oxazole rings is 1. The Kier molecular flexibility index (Phi) is 7.68. The molecule has 0 saturated carbocycles. The fourth-order valence-corrected chi connectivity index (χ4v) is 4.78. The van der Waals surface area contributed by atoms with Crippen molar-refractivity contribution in [2.45, 2.75) is 38.2 Å². The second-order valence-corrected chi connectivity index (χ2v) is 9.62. The van der Waals surface area contributed by atoms with E-state index in [1.54, 1.807) is 6.07 Å². The molecule has 1 saturated heterocycles. The molecule has 4 aromatic rings. The summed E-state index contributed by atoms with van der Waals surface area (Å²) in [5, 5.41) is 13.4. The highest BCUT2D eigenvalue weighted by atomic mass is 19.4. The van der Waals surface area contributed by atoms with Gasteiger partial charge in [-0.1, -0.05) is 18.7 Å². The molecule has 0 atom stereocenters. The lowest BCUT2D eigenvalue weighted by molar-refractivity contribution is -0.140. The molecule has 2 aromatic heterocycles. The molecule has 2 aromatic carbocycles. The van der Waals surface area contributed by atoms with Gasteiger partial charge in [0.2, 0.25) is 5.89 Å². The maximum Gasteiger partial charge on any atom is 0.433 e. The number of aliphatic hydroxyl groups excluding tert-OH is 1. The zero-order valence-corrected chi connectivity index (χ0v) is 22.0. The second kappa shape index (κ2) is 11.2. The number of aromatic nitrogens is 2. The molecule has 0 radical (unpaired) electrons. The van der Waals surface area contributed by atoms with Crippen LogP contribution < -0.4 is 20.7 Å². The first kappa shape index (κ1) is 27.5. The molecule has 0 spiro atoms. The number of hydrogen-bond acceptors (Lipinski definition) is 8. The summed E-state index contributed by atoms with van der Waals surface area (Å²) in [6, 6.07) is 13.6. The quantitative estimate of drug-likeness (QED) is 0.277. The molecule has 1 aliphatic heterocycles. The monoisotopic (exact) mass is 553 g/mol. The number of anilines is 1. The molecule has 3 heterocycles. The molecular weight excluding hydrogens is 523 g/mol. The van der Waals surface area contributed by atoms with E-state index in [1.807, 2.05) is 12.1 Å². The summed E-state index contributed by atoms with van der Waals surface area (Å²) in [7, 11) is 1.37. The molecule has 0 unspecified atom stereocenters. The van der Waals surface area contributed by atoms with Gasteiger partial charge in [0.25, 0.3) is 0 Å². The first-order chi connectivity index (χ1) is 19.2. The number of piperidine rings is 1. The highest BCUT2D eigenvalue weighted by Crippen LogP contribution is 2.37. The largest absolute Gasteiger partial charge is 0.494 e. The van der Waals surface area contributed by atoms with E-state index >= 15 is 0 Å². The van der Waals surface area contributed by atoms with Crippen molar-refractivity contribution < 1.29 is 27.4 Å². The summed E-state index contributed by atoms with van der Waals surface area (Å²) in [5.74, 6) is 0.772. The van der Waals surface area contributed by atoms with E-state index in [1.165, 1.54) is 19.2 Å². The number of methoxy groups -OCH3 is 1. The van der Waals surface area contributed by atoms with Crippen molar-refractivity contribution in [3.63, 3.8) is 0 Å². The van der Waals surface area contributed by atoms with Crippen LogP contribution in [0.5, 0.6) is 5.75 Å². The zero-order chi connectivity index (χ0) is 28.4. The Balaban J connectivity index is 1.35. The molecule has 0 amide bonds. The van der Waals surface area contributed by atoms with Crippen LogP contribution in [0.4, 0.5) is 18.9 Å². The van der Waals surface area contributed by atoms with Gasteiger partial charge >= 0.3 is 6.18 Å². The molecule has 11 heteroatoms. The number of nitrogens with two attached hydrogens (primary N) is 1. The SMILES string of the molecule is C=C(NCc1ccc(N2CCC(O)CC2)cc1)c1nc(-c2ccc(OC)c3nc(C(F)(F)F)ccc23)oc1CN. The number of rotatable bonds is 8. The number of benzene rings is 2. The summed E-state index contributed by atoms with van der Waals surface area (Å²) >= 11 is 0. The Morgan fingerprint density at radius 3 is 2.50 bits per heavy atom. The Bertz CT molecular complexity index is 1510. The summed E-state index contributed by atoms with van der Waals surface area (Å²) in [6.07, 6.45) is -3.28. The molecule has 0 aliphatic carbocycles. The van der Waals surface area contributed by atoms with Crippen molar-refractivity contribution in [2.75, 3.05) is 25.1 Å². The lowest BCUT2D eigenvalue weighted by Gasteiger charge is -2.31. The summed E-state index contributed by atoms with van der Waals surface area (Å²) in [6.45, 7) is 6.29. The smallest absolute Gasteiger partial charge is 0.433 e. The van der Waals surface area contributed by atoms with Crippen LogP contribution in [0.1, 0.15) is 35.6 Å². The van der Waals surface area contributed by atoms with Gasteiger partial charge in [0.1, 0.15) is 28.4 Å². The van der Waals surface area contributed by atoms with E-state index < -0.39 is 11.9 Å². The molecule has 4 N–H and O–H groups in total. The van der Waals surface area contributed by atoms with Crippen molar-refractivity contribution in [1.82, 2.24) is 15.3 Å². The lowest BCUT2D eigenvalue weighted by Crippen LogP contribution is -2.35. The summed E-state index contributed by atoms with van der Waals surface area (Å²) in [5.41, 5.74) is 8.49. The molecule has 40 heavy (non-hydrogen) atoms. The molecule has 1 fully saturated rings. The molecule has 0 bridgehead atoms. The number of hydrogen-bond donors (Lipinski definition) is 3. The number of ether oxygens (including phenoxy) is 1. The van der Waals surface area contributed by atoms with Gasteiger partial charge < -0.3 is 30.2 Å². The van der Waals surface area contributed by atoms with Gasteiger partial charge in [-0.15, -0.1) is 0 Å². The Morgan fingerprint density at radius 2 is 1.85 bits per heavy atom. The summed E-state index contributed by atoms with van der Waals surface area (Å²) in [4.78, 5) is 10.7. The third kappa shape index (κ3) is 5.61. The first-order valence-corrected chi connectivity index (χ1v) is 12.9. The number of nitrogens with one attached hydrogen (secondary N) is 1. The standard InChI is InChI=1S/C29H30F3N5O3/c1-17(34-16-18-3-5-19(6-4-18)37-13-11-20(38)12-14-37)26-24(15-33)40-28(36-26)22-7-9-23(39-2)27-21(22)8-10-25(35-27)29(30,31)32/h3-10,20,34,38H,1,11-16,33H2,2H3. The maximum absolute atomic E-state index is 13.3. The van der Waals surface area contributed by atoms with E-state index in [4.69, 9.17) is 14.9 Å². The summed E-state index contributed by atoms with van der Waals surface area (Å²) < 4.78 is 51.1. The van der Waals surface area contributed by atoms with Gasteiger partial charge in [-0.25, -0.2) is 9.97 Å². The van der Waals surface area contributed by atoms with E-state index in [2.05, 4.69) is 38.9 Å². The molecular formula is C29H30F3N5O3. The first-order valence-electron chi connectivity index (χ1n) is 12.9. The molecule has 8 nitrogen and oxygen atoms in total. The van der Waals surface area contributed by atoms with E-state index in [9.17, 15) is 18.3 Å². The zero-order valence-electron chi connectivity index (χ0n) is 22.0. The van der Waals surface area contributed by atoms with Crippen LogP contribution in [0, 0.1) is 0 Å². The number of fused-ring (bicyclic) bond motifs is 1. The highest BCUT2D eigenvalue weighted by Gasteiger charge is 2.33. The van der Waals surface area contributed by atoms with E-state index in [0.29, 0.717) is 34.6 Å². The fraction of sp³-hybridized carbons (Fsp3) is 0.310. The number of halogens is 3. The van der Waals surface area contributed by atoms with Crippen LogP contribution in [0.3, 0.4) is 0 Å². The Hall–Kier alpha value is -4.09. The van der Waals surface area contributed by atoms with Gasteiger partial charge in [-0.05, 0) is 54.8 Å². The van der Waals surface area contributed by atoms with Gasteiger partial charge in [-0.3, -0.25) is 0 Å². The second-order valence-electron chi connectivity index (χ2n) is 9.62. The van der Waals surface area contributed by atoms with E-state index in [-0.39, 0.29) is 29.8 Å². The van der Waals surface area contributed by atoms with Crippen LogP contribution in [0.25, 0.3) is 28.1 Å². The molecule has 210 valence electrons. The molecule has 1 aliphatic rings. The predicted molar refractivity (Wildman–Crippen MR) is 146 cm³/mol. The fourth-order valence-electron chi connectivity index (χ4n) is 4.78. The average Bonchev–Trinajstić information content (AvgIpc) is 3.40. The topological polar surface area (TPSA) is 110 Å². The van der Waals surface area contributed by atoms with Gasteiger partial charge in [-0.2, -0.15) is 13.2 Å². The van der Waals surface area contributed by atoms with Crippen LogP contribution in [0.15, 0.2) is 59.5 Å². The third-order valence-corrected chi connectivity index (χ3v) is 7.00. The van der Waals surface area contributed by atoms with Crippen molar-refractivity contribution in [1.29, 1.82) is 0 Å². The number of pyridine rings is 1. The van der Waals surface area contributed by atoms with Crippen LogP contribution >= 0.6 is 0 Å². The van der Waals surface area contributed by atoms with Gasteiger partial charge in [0.15, 0.2) is 0 Å². The van der Waals surface area contributed by atoms with Crippen molar-refractivity contribution in [3.8, 4) is 17.2 Å². The number of aliphatic hydroxyl groups is 1. The maximum atomic E-state index is 13.3. The predicted octanol–water partition coefficient (Wildman–Crippen LogP) is 5.10. The number of nitrogens with zero attached hydrogens (tertiary/aromatic N) is 3. The van der Waals surface area contributed by atoms with Gasteiger partial charge in [0, 0.05) is 36.3 Å². The Labute approximate surface area is 229 Å². The minimum absolute atomic E-state index is 0.0463. The average molecular weight is 554 g/mol. The minimum Gasteiger partial charge on any atom is -0.494 e. The normalized spacial score (nSPS) is 14.5. The minimum atomic E-state index is -4.60. The number of alkyl halides is 3. The Morgan fingerprint density at radius 1 is 1.12 bits per heavy atom. The van der Waals surface area contributed by atoms with Gasteiger partial charge in [0.05, 0.1) is 25.5 Å².